The lowest BCUT2D eigenvalue weighted by Crippen LogP contribution is -2.31. The van der Waals surface area contributed by atoms with Crippen LogP contribution in [0.2, 0.25) is 0 Å². The third kappa shape index (κ3) is 2.00. The molecule has 0 amide bonds. The Hall–Kier alpha value is 0.0500. The summed E-state index contributed by atoms with van der Waals surface area (Å²) in [6.07, 6.45) is 4.96. The molecular weight excluding hydrogens is 185 g/mol. The van der Waals surface area contributed by atoms with Crippen molar-refractivity contribution in [1.29, 1.82) is 0 Å². The predicted molar refractivity (Wildman–Crippen MR) is 46.7 cm³/mol. The van der Waals surface area contributed by atoms with Gasteiger partial charge in [-0.2, -0.15) is 0 Å². The lowest BCUT2D eigenvalue weighted by molar-refractivity contribution is 0.314. The van der Waals surface area contributed by atoms with E-state index in [1.807, 2.05) is 0 Å². The number of alkyl halides is 1. The highest BCUT2D eigenvalue weighted by Crippen LogP contribution is 2.36. The third-order valence-electron chi connectivity index (χ3n) is 2.10. The van der Waals surface area contributed by atoms with Crippen LogP contribution in [0.5, 0.6) is 0 Å². The van der Waals surface area contributed by atoms with Gasteiger partial charge in [-0.1, -0.05) is 36.0 Å². The van der Waals surface area contributed by atoms with E-state index in [0.717, 1.165) is 25.7 Å². The molecular formula is C7H11Cl2NO. The number of hydrogen-bond donors (Lipinski definition) is 1. The highest BCUT2D eigenvalue weighted by molar-refractivity contribution is 6.72. The molecule has 1 fully saturated rings. The van der Waals surface area contributed by atoms with Crippen LogP contribution in [-0.2, 0) is 0 Å². The fourth-order valence-corrected chi connectivity index (χ4v) is 1.90. The first-order valence-corrected chi connectivity index (χ1v) is 4.51. The number of nitrogens with zero attached hydrogens (tertiary/aromatic N) is 1. The summed E-state index contributed by atoms with van der Waals surface area (Å²) >= 11 is 11.8. The van der Waals surface area contributed by atoms with Crippen LogP contribution in [0, 0.1) is 0 Å². The first-order chi connectivity index (χ1) is 5.19. The molecule has 0 saturated heterocycles. The number of rotatable bonds is 1. The lowest BCUT2D eigenvalue weighted by Gasteiger charge is -2.28. The normalized spacial score (nSPS) is 25.1. The van der Waals surface area contributed by atoms with Crippen LogP contribution in [-0.4, -0.2) is 15.3 Å². The maximum Gasteiger partial charge on any atom is 0.166 e. The predicted octanol–water partition coefficient (Wildman–Crippen LogP) is 2.95. The molecule has 1 N–H and O–H groups in total. The molecule has 1 aliphatic carbocycles. The second-order valence-corrected chi connectivity index (χ2v) is 4.00. The number of hydrogen-bond acceptors (Lipinski definition) is 2. The Kier molecular flexibility index (Phi) is 3.02. The largest absolute Gasteiger partial charge is 0.410 e. The van der Waals surface area contributed by atoms with Gasteiger partial charge in [-0.25, -0.2) is 0 Å². The fourth-order valence-electron chi connectivity index (χ4n) is 1.41. The van der Waals surface area contributed by atoms with Crippen LogP contribution in [0.1, 0.15) is 32.1 Å². The number of oxime groups is 1. The molecule has 0 radical (unpaired) electrons. The van der Waals surface area contributed by atoms with E-state index >= 15 is 0 Å². The van der Waals surface area contributed by atoms with Crippen molar-refractivity contribution >= 4 is 28.4 Å². The average Bonchev–Trinajstić information content (AvgIpc) is 2.04. The molecule has 64 valence electrons. The Morgan fingerprint density at radius 3 is 2.27 bits per heavy atom. The monoisotopic (exact) mass is 195 g/mol. The summed E-state index contributed by atoms with van der Waals surface area (Å²) in [5, 5.41) is 11.5. The summed E-state index contributed by atoms with van der Waals surface area (Å²) in [6, 6.07) is 0. The van der Waals surface area contributed by atoms with Gasteiger partial charge in [0, 0.05) is 0 Å². The molecule has 1 rings (SSSR count). The van der Waals surface area contributed by atoms with E-state index in [0.29, 0.717) is 0 Å². The van der Waals surface area contributed by atoms with E-state index in [9.17, 15) is 0 Å². The fraction of sp³-hybridized carbons (Fsp3) is 0.857. The van der Waals surface area contributed by atoms with Gasteiger partial charge in [0.15, 0.2) is 5.17 Å². The SMILES string of the molecule is O/N=C(\Cl)C1(Cl)CCCCC1. The zero-order valence-electron chi connectivity index (χ0n) is 6.19. The van der Waals surface area contributed by atoms with Gasteiger partial charge in [0.05, 0.1) is 0 Å². The molecule has 11 heavy (non-hydrogen) atoms. The van der Waals surface area contributed by atoms with Crippen molar-refractivity contribution in [1.82, 2.24) is 0 Å². The highest BCUT2D eigenvalue weighted by Gasteiger charge is 2.34. The van der Waals surface area contributed by atoms with Crippen LogP contribution >= 0.6 is 23.2 Å². The van der Waals surface area contributed by atoms with Crippen molar-refractivity contribution < 1.29 is 5.21 Å². The zero-order valence-corrected chi connectivity index (χ0v) is 7.70. The topological polar surface area (TPSA) is 32.6 Å². The molecule has 0 aromatic rings. The van der Waals surface area contributed by atoms with Crippen LogP contribution in [0.15, 0.2) is 5.16 Å². The summed E-state index contributed by atoms with van der Waals surface area (Å²) in [5.74, 6) is 0. The van der Waals surface area contributed by atoms with Gasteiger partial charge in [0.2, 0.25) is 0 Å². The average molecular weight is 196 g/mol. The smallest absolute Gasteiger partial charge is 0.166 e. The van der Waals surface area contributed by atoms with E-state index in [4.69, 9.17) is 28.4 Å². The van der Waals surface area contributed by atoms with Crippen molar-refractivity contribution in [3.63, 3.8) is 0 Å². The van der Waals surface area contributed by atoms with Gasteiger partial charge in [0.25, 0.3) is 0 Å². The lowest BCUT2D eigenvalue weighted by atomic mass is 9.89. The summed E-state index contributed by atoms with van der Waals surface area (Å²) in [5.41, 5.74) is 0. The molecule has 4 heteroatoms. The molecule has 0 bridgehead atoms. The standard InChI is InChI=1S/C7H11Cl2NO/c8-6(10-11)7(9)4-2-1-3-5-7/h11H,1-5H2/b10-6-. The minimum absolute atomic E-state index is 0.138. The molecule has 0 heterocycles. The summed E-state index contributed by atoms with van der Waals surface area (Å²) in [7, 11) is 0. The maximum atomic E-state index is 8.42. The molecule has 0 aromatic carbocycles. The summed E-state index contributed by atoms with van der Waals surface area (Å²) in [6.45, 7) is 0. The van der Waals surface area contributed by atoms with Gasteiger partial charge in [-0.3, -0.25) is 0 Å². The second kappa shape index (κ2) is 3.63. The molecule has 2 nitrogen and oxygen atoms in total. The van der Waals surface area contributed by atoms with Gasteiger partial charge in [-0.05, 0) is 12.8 Å². The molecule has 1 aliphatic rings. The van der Waals surface area contributed by atoms with Crippen LogP contribution in [0.25, 0.3) is 0 Å². The van der Waals surface area contributed by atoms with E-state index in [-0.39, 0.29) is 5.17 Å². The van der Waals surface area contributed by atoms with Gasteiger partial charge < -0.3 is 5.21 Å². The Balaban J connectivity index is 2.64. The van der Waals surface area contributed by atoms with Crippen LogP contribution in [0.4, 0.5) is 0 Å². The van der Waals surface area contributed by atoms with E-state index in [2.05, 4.69) is 5.16 Å². The molecule has 0 atom stereocenters. The Morgan fingerprint density at radius 1 is 1.27 bits per heavy atom. The highest BCUT2D eigenvalue weighted by atomic mass is 35.5. The minimum Gasteiger partial charge on any atom is -0.410 e. The first kappa shape index (κ1) is 9.14. The second-order valence-electron chi connectivity index (χ2n) is 2.92. The van der Waals surface area contributed by atoms with Gasteiger partial charge in [0.1, 0.15) is 4.87 Å². The summed E-state index contributed by atoms with van der Waals surface area (Å²) in [4.78, 5) is -0.575. The van der Waals surface area contributed by atoms with Gasteiger partial charge >= 0.3 is 0 Å². The van der Waals surface area contributed by atoms with Crippen LogP contribution in [0.3, 0.4) is 0 Å². The van der Waals surface area contributed by atoms with E-state index in [1.165, 1.54) is 6.42 Å². The summed E-state index contributed by atoms with van der Waals surface area (Å²) < 4.78 is 0. The first-order valence-electron chi connectivity index (χ1n) is 3.76. The molecule has 0 aromatic heterocycles. The van der Waals surface area contributed by atoms with Gasteiger partial charge in [-0.15, -0.1) is 11.6 Å². The Morgan fingerprint density at radius 2 is 1.82 bits per heavy atom. The van der Waals surface area contributed by atoms with Crippen molar-refractivity contribution in [2.24, 2.45) is 5.16 Å². The molecule has 1 saturated carbocycles. The minimum atomic E-state index is -0.575. The van der Waals surface area contributed by atoms with Crippen molar-refractivity contribution in [3.05, 3.63) is 0 Å². The Bertz CT molecular complexity index is 164. The van der Waals surface area contributed by atoms with E-state index < -0.39 is 4.87 Å². The zero-order chi connectivity index (χ0) is 8.32. The van der Waals surface area contributed by atoms with Crippen molar-refractivity contribution in [2.75, 3.05) is 0 Å². The molecule has 0 spiro atoms. The molecule has 0 unspecified atom stereocenters. The quantitative estimate of drug-likeness (QED) is 0.297. The van der Waals surface area contributed by atoms with E-state index in [1.54, 1.807) is 0 Å². The van der Waals surface area contributed by atoms with Crippen molar-refractivity contribution in [2.45, 2.75) is 37.0 Å². The number of halogens is 2. The third-order valence-corrected chi connectivity index (χ3v) is 3.19. The Labute approximate surface area is 76.2 Å². The molecule has 0 aliphatic heterocycles. The van der Waals surface area contributed by atoms with Crippen LogP contribution < -0.4 is 0 Å². The van der Waals surface area contributed by atoms with Crippen molar-refractivity contribution in [3.8, 4) is 0 Å². The maximum absolute atomic E-state index is 8.42.